The molecule has 2 aromatic carbocycles. The number of nitrogens with two attached hydrogens (primary N) is 1. The van der Waals surface area contributed by atoms with E-state index in [-0.39, 0.29) is 17.9 Å². The van der Waals surface area contributed by atoms with Gasteiger partial charge in [-0.2, -0.15) is 0 Å². The third-order valence-electron chi connectivity index (χ3n) is 5.48. The van der Waals surface area contributed by atoms with E-state index in [1.165, 1.54) is 0 Å². The second-order valence-electron chi connectivity index (χ2n) is 7.59. The highest BCUT2D eigenvalue weighted by Crippen LogP contribution is 2.30. The van der Waals surface area contributed by atoms with Crippen molar-refractivity contribution in [3.63, 3.8) is 0 Å². The summed E-state index contributed by atoms with van der Waals surface area (Å²) >= 11 is 1.58. The van der Waals surface area contributed by atoms with Crippen LogP contribution in [0.3, 0.4) is 0 Å². The molecule has 1 aromatic heterocycles. The minimum Gasteiger partial charge on any atom is -0.493 e. The monoisotopic (exact) mass is 450 g/mol. The van der Waals surface area contributed by atoms with Crippen molar-refractivity contribution in [2.45, 2.75) is 32.4 Å². The maximum atomic E-state index is 13.1. The summed E-state index contributed by atoms with van der Waals surface area (Å²) in [6.45, 7) is 3.43. The van der Waals surface area contributed by atoms with Crippen molar-refractivity contribution in [3.05, 3.63) is 65.2 Å². The standard InChI is InChI=1S/C24H26N4O3S/c1-2-31-21-9-8-18(28-11-4-7-20(28)22(25)29)14-19(21)23(30)27-15-16-5-3-6-17(13-16)24-26-10-12-32-24/h3,5-6,8-10,12-14,20H,2,4,7,11,15H2,1H3,(H2,25,29)(H,27,30). The number of thiazole rings is 1. The van der Waals surface area contributed by atoms with Crippen LogP contribution < -0.4 is 20.7 Å². The minimum atomic E-state index is -0.350. The van der Waals surface area contributed by atoms with Gasteiger partial charge in [-0.15, -0.1) is 11.3 Å². The molecule has 8 heteroatoms. The predicted octanol–water partition coefficient (Wildman–Crippen LogP) is 3.59. The largest absolute Gasteiger partial charge is 0.493 e. The molecule has 0 spiro atoms. The van der Waals surface area contributed by atoms with Crippen LogP contribution in [0.15, 0.2) is 54.0 Å². The predicted molar refractivity (Wildman–Crippen MR) is 126 cm³/mol. The van der Waals surface area contributed by atoms with E-state index in [0.717, 1.165) is 41.2 Å². The third kappa shape index (κ3) is 4.75. The van der Waals surface area contributed by atoms with Gasteiger partial charge in [-0.3, -0.25) is 9.59 Å². The maximum Gasteiger partial charge on any atom is 0.255 e. The number of nitrogens with one attached hydrogen (secondary N) is 1. The number of carbonyl (C=O) groups is 2. The molecule has 1 fully saturated rings. The Morgan fingerprint density at radius 3 is 2.91 bits per heavy atom. The van der Waals surface area contributed by atoms with Crippen molar-refractivity contribution in [2.24, 2.45) is 5.73 Å². The summed E-state index contributed by atoms with van der Waals surface area (Å²) in [5.41, 5.74) is 8.81. The third-order valence-corrected chi connectivity index (χ3v) is 6.30. The summed E-state index contributed by atoms with van der Waals surface area (Å²) in [5.74, 6) is -0.0626. The molecule has 1 atom stereocenters. The Bertz CT molecular complexity index is 1100. The fourth-order valence-corrected chi connectivity index (χ4v) is 4.62. The molecule has 0 bridgehead atoms. The zero-order valence-electron chi connectivity index (χ0n) is 17.9. The number of carbonyl (C=O) groups excluding carboxylic acids is 2. The Hall–Kier alpha value is -3.39. The first-order valence-corrected chi connectivity index (χ1v) is 11.5. The van der Waals surface area contributed by atoms with Gasteiger partial charge in [0, 0.05) is 35.9 Å². The zero-order chi connectivity index (χ0) is 22.5. The van der Waals surface area contributed by atoms with Crippen molar-refractivity contribution in [1.29, 1.82) is 0 Å². The lowest BCUT2D eigenvalue weighted by Gasteiger charge is -2.25. The van der Waals surface area contributed by atoms with Crippen molar-refractivity contribution >= 4 is 28.8 Å². The van der Waals surface area contributed by atoms with E-state index in [9.17, 15) is 9.59 Å². The van der Waals surface area contributed by atoms with Gasteiger partial charge in [0.15, 0.2) is 0 Å². The molecule has 0 aliphatic carbocycles. The molecule has 1 saturated heterocycles. The summed E-state index contributed by atoms with van der Waals surface area (Å²) in [6.07, 6.45) is 3.39. The van der Waals surface area contributed by atoms with Gasteiger partial charge < -0.3 is 20.7 Å². The summed E-state index contributed by atoms with van der Waals surface area (Å²) in [4.78, 5) is 31.2. The summed E-state index contributed by atoms with van der Waals surface area (Å²) in [5, 5.41) is 5.88. The molecular weight excluding hydrogens is 424 g/mol. The van der Waals surface area contributed by atoms with Crippen LogP contribution in [-0.2, 0) is 11.3 Å². The molecular formula is C24H26N4O3S. The lowest BCUT2D eigenvalue weighted by molar-refractivity contribution is -0.119. The first kappa shape index (κ1) is 21.8. The second-order valence-corrected chi connectivity index (χ2v) is 8.48. The van der Waals surface area contributed by atoms with Gasteiger partial charge in [0.05, 0.1) is 12.2 Å². The molecule has 3 aromatic rings. The van der Waals surface area contributed by atoms with Crippen molar-refractivity contribution in [3.8, 4) is 16.3 Å². The van der Waals surface area contributed by atoms with Gasteiger partial charge in [-0.05, 0) is 49.6 Å². The number of rotatable bonds is 8. The molecule has 0 saturated carbocycles. The minimum absolute atomic E-state index is 0.232. The average Bonchev–Trinajstić information content (AvgIpc) is 3.50. The molecule has 3 N–H and O–H groups in total. The molecule has 32 heavy (non-hydrogen) atoms. The van der Waals surface area contributed by atoms with Gasteiger partial charge in [0.25, 0.3) is 5.91 Å². The van der Waals surface area contributed by atoms with Crippen LogP contribution in [0.1, 0.15) is 35.7 Å². The second kappa shape index (κ2) is 9.82. The number of nitrogens with zero attached hydrogens (tertiary/aromatic N) is 2. The van der Waals surface area contributed by atoms with Gasteiger partial charge in [0.2, 0.25) is 5.91 Å². The Balaban J connectivity index is 1.53. The van der Waals surface area contributed by atoms with Crippen molar-refractivity contribution in [1.82, 2.24) is 10.3 Å². The Kier molecular flexibility index (Phi) is 6.70. The van der Waals surface area contributed by atoms with Gasteiger partial charge in [-0.25, -0.2) is 4.98 Å². The van der Waals surface area contributed by atoms with E-state index in [1.807, 2.05) is 47.5 Å². The molecule has 4 rings (SSSR count). The van der Waals surface area contributed by atoms with Crippen LogP contribution in [0.2, 0.25) is 0 Å². The number of amides is 2. The first-order chi connectivity index (χ1) is 15.6. The highest BCUT2D eigenvalue weighted by Gasteiger charge is 2.30. The number of hydrogen-bond donors (Lipinski definition) is 2. The van der Waals surface area contributed by atoms with E-state index in [0.29, 0.717) is 24.5 Å². The van der Waals surface area contributed by atoms with Crippen LogP contribution in [0, 0.1) is 0 Å². The van der Waals surface area contributed by atoms with E-state index in [1.54, 1.807) is 29.7 Å². The molecule has 0 radical (unpaired) electrons. The van der Waals surface area contributed by atoms with Crippen molar-refractivity contribution < 1.29 is 14.3 Å². The van der Waals surface area contributed by atoms with Crippen LogP contribution in [0.25, 0.3) is 10.6 Å². The van der Waals surface area contributed by atoms with Crippen molar-refractivity contribution in [2.75, 3.05) is 18.1 Å². The number of primary amides is 1. The maximum absolute atomic E-state index is 13.1. The molecule has 1 aliphatic rings. The van der Waals surface area contributed by atoms with E-state index >= 15 is 0 Å². The number of aromatic nitrogens is 1. The zero-order valence-corrected chi connectivity index (χ0v) is 18.7. The van der Waals surface area contributed by atoms with Crippen LogP contribution in [0.5, 0.6) is 5.75 Å². The average molecular weight is 451 g/mol. The molecule has 7 nitrogen and oxygen atoms in total. The number of hydrogen-bond acceptors (Lipinski definition) is 6. The van der Waals surface area contributed by atoms with Crippen LogP contribution in [-0.4, -0.2) is 36.0 Å². The first-order valence-electron chi connectivity index (χ1n) is 10.7. The lowest BCUT2D eigenvalue weighted by atomic mass is 10.1. The molecule has 1 aliphatic heterocycles. The summed E-state index contributed by atoms with van der Waals surface area (Å²) in [6, 6.07) is 13.1. The summed E-state index contributed by atoms with van der Waals surface area (Å²) < 4.78 is 5.69. The Labute approximate surface area is 191 Å². The fourth-order valence-electron chi connectivity index (χ4n) is 3.98. The van der Waals surface area contributed by atoms with E-state index in [4.69, 9.17) is 10.5 Å². The quantitative estimate of drug-likeness (QED) is 0.547. The number of benzene rings is 2. The van der Waals surface area contributed by atoms with E-state index < -0.39 is 0 Å². The van der Waals surface area contributed by atoms with Crippen LogP contribution >= 0.6 is 11.3 Å². The normalized spacial score (nSPS) is 15.5. The molecule has 1 unspecified atom stereocenters. The number of ether oxygens (including phenoxy) is 1. The Morgan fingerprint density at radius 2 is 2.16 bits per heavy atom. The smallest absolute Gasteiger partial charge is 0.255 e. The van der Waals surface area contributed by atoms with Gasteiger partial charge in [0.1, 0.15) is 16.8 Å². The SMILES string of the molecule is CCOc1ccc(N2CCCC2C(N)=O)cc1C(=O)NCc1cccc(-c2nccs2)c1. The lowest BCUT2D eigenvalue weighted by Crippen LogP contribution is -2.40. The highest BCUT2D eigenvalue weighted by atomic mass is 32.1. The van der Waals surface area contributed by atoms with Crippen LogP contribution in [0.4, 0.5) is 5.69 Å². The molecule has 2 heterocycles. The summed E-state index contributed by atoms with van der Waals surface area (Å²) in [7, 11) is 0. The topological polar surface area (TPSA) is 97.5 Å². The molecule has 166 valence electrons. The highest BCUT2D eigenvalue weighted by molar-refractivity contribution is 7.13. The molecule has 2 amide bonds. The van der Waals surface area contributed by atoms with Gasteiger partial charge >= 0.3 is 0 Å². The Morgan fingerprint density at radius 1 is 1.28 bits per heavy atom. The van der Waals surface area contributed by atoms with E-state index in [2.05, 4.69) is 10.3 Å². The fraction of sp³-hybridized carbons (Fsp3) is 0.292. The van der Waals surface area contributed by atoms with Gasteiger partial charge in [-0.1, -0.05) is 18.2 Å². The number of anilines is 1.